The monoisotopic (exact) mass is 326 g/mol. The molecule has 1 unspecified atom stereocenters. The molecule has 1 aromatic heterocycles. The van der Waals surface area contributed by atoms with Crippen LogP contribution in [0.15, 0.2) is 41.3 Å². The molecule has 24 heavy (non-hydrogen) atoms. The third-order valence-electron chi connectivity index (χ3n) is 4.70. The SMILES string of the molecule is Cn1cccc(C(=O)N2CCC(c3ccc4c(c3)OCO4)C2)c1=O. The van der Waals surface area contributed by atoms with Gasteiger partial charge < -0.3 is 18.9 Å². The van der Waals surface area contributed by atoms with Crippen LogP contribution in [-0.4, -0.2) is 35.3 Å². The summed E-state index contributed by atoms with van der Waals surface area (Å²) in [6.45, 7) is 1.51. The van der Waals surface area contributed by atoms with Crippen LogP contribution in [0.2, 0.25) is 0 Å². The second-order valence-corrected chi connectivity index (χ2v) is 6.19. The highest BCUT2D eigenvalue weighted by Crippen LogP contribution is 2.37. The molecule has 2 aliphatic heterocycles. The molecule has 1 atom stereocenters. The fraction of sp³-hybridized carbons (Fsp3) is 0.333. The van der Waals surface area contributed by atoms with Gasteiger partial charge in [-0.25, -0.2) is 0 Å². The summed E-state index contributed by atoms with van der Waals surface area (Å²) in [6.07, 6.45) is 2.52. The zero-order chi connectivity index (χ0) is 16.7. The molecule has 6 heteroatoms. The standard InChI is InChI=1S/C18H18N2O4/c1-19-7-2-3-14(17(19)21)18(22)20-8-6-13(10-20)12-4-5-15-16(9-12)24-11-23-15/h2-5,7,9,13H,6,8,10-11H2,1H3. The van der Waals surface area contributed by atoms with Crippen molar-refractivity contribution in [2.45, 2.75) is 12.3 Å². The third-order valence-corrected chi connectivity index (χ3v) is 4.70. The number of carbonyl (C=O) groups excluding carboxylic acids is 1. The van der Waals surface area contributed by atoms with E-state index in [0.717, 1.165) is 23.5 Å². The summed E-state index contributed by atoms with van der Waals surface area (Å²) < 4.78 is 12.2. The number of aromatic nitrogens is 1. The smallest absolute Gasteiger partial charge is 0.263 e. The predicted molar refractivity (Wildman–Crippen MR) is 87.5 cm³/mol. The highest BCUT2D eigenvalue weighted by molar-refractivity contribution is 5.94. The van der Waals surface area contributed by atoms with E-state index in [4.69, 9.17) is 9.47 Å². The minimum atomic E-state index is -0.256. The molecule has 0 N–H and O–H groups in total. The van der Waals surface area contributed by atoms with Crippen LogP contribution in [0.25, 0.3) is 0 Å². The van der Waals surface area contributed by atoms with Crippen LogP contribution in [-0.2, 0) is 7.05 Å². The van der Waals surface area contributed by atoms with Gasteiger partial charge in [0.2, 0.25) is 6.79 Å². The number of nitrogens with zero attached hydrogens (tertiary/aromatic N) is 2. The summed E-state index contributed by atoms with van der Waals surface area (Å²) in [5.41, 5.74) is 1.11. The van der Waals surface area contributed by atoms with E-state index in [9.17, 15) is 9.59 Å². The maximum absolute atomic E-state index is 12.7. The summed E-state index contributed by atoms with van der Waals surface area (Å²) in [5, 5.41) is 0. The van der Waals surface area contributed by atoms with Gasteiger partial charge in [-0.05, 0) is 36.2 Å². The van der Waals surface area contributed by atoms with Crippen molar-refractivity contribution in [1.29, 1.82) is 0 Å². The van der Waals surface area contributed by atoms with Gasteiger partial charge in [0.15, 0.2) is 11.5 Å². The Bertz CT molecular complexity index is 858. The summed E-state index contributed by atoms with van der Waals surface area (Å²) in [7, 11) is 1.65. The maximum atomic E-state index is 12.7. The number of pyridine rings is 1. The van der Waals surface area contributed by atoms with E-state index in [1.807, 2.05) is 18.2 Å². The molecule has 0 bridgehead atoms. The number of benzene rings is 1. The van der Waals surface area contributed by atoms with E-state index in [2.05, 4.69) is 0 Å². The summed E-state index contributed by atoms with van der Waals surface area (Å²) in [5.74, 6) is 1.57. The van der Waals surface area contributed by atoms with Crippen molar-refractivity contribution in [3.05, 3.63) is 58.0 Å². The average Bonchev–Trinajstić information content (AvgIpc) is 3.25. The van der Waals surface area contributed by atoms with Crippen LogP contribution < -0.4 is 15.0 Å². The number of rotatable bonds is 2. The lowest BCUT2D eigenvalue weighted by molar-refractivity contribution is 0.0788. The highest BCUT2D eigenvalue weighted by Gasteiger charge is 2.30. The van der Waals surface area contributed by atoms with Gasteiger partial charge in [-0.3, -0.25) is 9.59 Å². The Labute approximate surface area is 139 Å². The molecule has 2 aromatic rings. The lowest BCUT2D eigenvalue weighted by Crippen LogP contribution is -2.34. The van der Waals surface area contributed by atoms with Crippen LogP contribution >= 0.6 is 0 Å². The number of fused-ring (bicyclic) bond motifs is 1. The molecule has 1 amide bonds. The number of amides is 1. The number of aryl methyl sites for hydroxylation is 1. The van der Waals surface area contributed by atoms with Crippen LogP contribution in [0.1, 0.15) is 28.3 Å². The predicted octanol–water partition coefficient (Wildman–Crippen LogP) is 1.74. The second kappa shape index (κ2) is 5.70. The normalized spacial score (nSPS) is 18.9. The van der Waals surface area contributed by atoms with Crippen molar-refractivity contribution in [3.8, 4) is 11.5 Å². The zero-order valence-electron chi connectivity index (χ0n) is 13.4. The lowest BCUT2D eigenvalue weighted by Gasteiger charge is -2.17. The van der Waals surface area contributed by atoms with E-state index < -0.39 is 0 Å². The van der Waals surface area contributed by atoms with Gasteiger partial charge in [0.25, 0.3) is 11.5 Å². The van der Waals surface area contributed by atoms with Crippen molar-refractivity contribution in [2.24, 2.45) is 7.05 Å². The average molecular weight is 326 g/mol. The maximum Gasteiger partial charge on any atom is 0.263 e. The summed E-state index contributed by atoms with van der Waals surface area (Å²) in [4.78, 5) is 26.5. The van der Waals surface area contributed by atoms with Crippen molar-refractivity contribution < 1.29 is 14.3 Å². The first-order chi connectivity index (χ1) is 11.6. The topological polar surface area (TPSA) is 60.8 Å². The van der Waals surface area contributed by atoms with Gasteiger partial charge in [0.05, 0.1) is 0 Å². The molecular weight excluding hydrogens is 308 g/mol. The molecule has 4 rings (SSSR count). The van der Waals surface area contributed by atoms with E-state index in [1.54, 1.807) is 30.3 Å². The minimum Gasteiger partial charge on any atom is -0.454 e. The molecule has 0 aliphatic carbocycles. The molecule has 1 aromatic carbocycles. The number of carbonyl (C=O) groups is 1. The Balaban J connectivity index is 1.53. The Morgan fingerprint density at radius 2 is 2.04 bits per heavy atom. The second-order valence-electron chi connectivity index (χ2n) is 6.19. The molecule has 0 radical (unpaired) electrons. The first-order valence-corrected chi connectivity index (χ1v) is 7.98. The quantitative estimate of drug-likeness (QED) is 0.843. The Kier molecular flexibility index (Phi) is 3.52. The first kappa shape index (κ1) is 14.8. The van der Waals surface area contributed by atoms with Gasteiger partial charge in [-0.2, -0.15) is 0 Å². The zero-order valence-corrected chi connectivity index (χ0v) is 13.4. The molecule has 0 saturated carbocycles. The van der Waals surface area contributed by atoms with Crippen molar-refractivity contribution in [1.82, 2.24) is 9.47 Å². The Morgan fingerprint density at radius 3 is 2.92 bits per heavy atom. The van der Waals surface area contributed by atoms with E-state index >= 15 is 0 Å². The van der Waals surface area contributed by atoms with E-state index in [0.29, 0.717) is 13.1 Å². The van der Waals surface area contributed by atoms with Crippen LogP contribution in [0.5, 0.6) is 11.5 Å². The van der Waals surface area contributed by atoms with Crippen molar-refractivity contribution in [3.63, 3.8) is 0 Å². The highest BCUT2D eigenvalue weighted by atomic mass is 16.7. The van der Waals surface area contributed by atoms with Gasteiger partial charge in [-0.15, -0.1) is 0 Å². The van der Waals surface area contributed by atoms with Crippen molar-refractivity contribution >= 4 is 5.91 Å². The Morgan fingerprint density at radius 1 is 1.21 bits per heavy atom. The molecule has 3 heterocycles. The molecular formula is C18H18N2O4. The van der Waals surface area contributed by atoms with E-state index in [-0.39, 0.29) is 29.7 Å². The summed E-state index contributed by atoms with van der Waals surface area (Å²) in [6, 6.07) is 9.24. The van der Waals surface area contributed by atoms with Gasteiger partial charge in [0.1, 0.15) is 5.56 Å². The van der Waals surface area contributed by atoms with Crippen LogP contribution in [0, 0.1) is 0 Å². The Hall–Kier alpha value is -2.76. The minimum absolute atomic E-state index is 0.195. The molecule has 2 aliphatic rings. The molecule has 1 saturated heterocycles. The van der Waals surface area contributed by atoms with Crippen LogP contribution in [0.3, 0.4) is 0 Å². The number of hydrogen-bond acceptors (Lipinski definition) is 4. The third kappa shape index (κ3) is 2.44. The van der Waals surface area contributed by atoms with Gasteiger partial charge in [0, 0.05) is 32.3 Å². The molecule has 0 spiro atoms. The number of likely N-dealkylation sites (tertiary alicyclic amines) is 1. The van der Waals surface area contributed by atoms with Crippen molar-refractivity contribution in [2.75, 3.05) is 19.9 Å². The van der Waals surface area contributed by atoms with Gasteiger partial charge >= 0.3 is 0 Å². The number of ether oxygens (including phenoxy) is 2. The number of hydrogen-bond donors (Lipinski definition) is 0. The first-order valence-electron chi connectivity index (χ1n) is 7.98. The molecule has 124 valence electrons. The van der Waals surface area contributed by atoms with Gasteiger partial charge in [-0.1, -0.05) is 6.07 Å². The largest absolute Gasteiger partial charge is 0.454 e. The molecule has 6 nitrogen and oxygen atoms in total. The van der Waals surface area contributed by atoms with E-state index in [1.165, 1.54) is 4.57 Å². The fourth-order valence-corrected chi connectivity index (χ4v) is 3.31. The lowest BCUT2D eigenvalue weighted by atomic mass is 9.98. The molecule has 1 fully saturated rings. The fourth-order valence-electron chi connectivity index (χ4n) is 3.31. The summed E-state index contributed by atoms with van der Waals surface area (Å²) >= 11 is 0. The van der Waals surface area contributed by atoms with Crippen LogP contribution in [0.4, 0.5) is 0 Å².